The zero-order chi connectivity index (χ0) is 65.0. The van der Waals surface area contributed by atoms with Gasteiger partial charge in [0.2, 0.25) is 29.5 Å². The Morgan fingerprint density at radius 1 is 0.632 bits per heavy atom. The van der Waals surface area contributed by atoms with Gasteiger partial charge in [0.1, 0.15) is 29.2 Å². The number of nitrogens with one attached hydrogen (secondary N) is 6. The molecule has 2 aromatic rings. The van der Waals surface area contributed by atoms with Crippen LogP contribution in [-0.4, -0.2) is 133 Å². The highest BCUT2D eigenvalue weighted by molar-refractivity contribution is 7.80. The van der Waals surface area contributed by atoms with Crippen LogP contribution in [0.15, 0.2) is 63.8 Å². The average Bonchev–Trinajstić information content (AvgIpc) is 0.869. The van der Waals surface area contributed by atoms with Gasteiger partial charge in [-0.1, -0.05) is 67.9 Å². The van der Waals surface area contributed by atoms with Crippen LogP contribution in [0.5, 0.6) is 5.75 Å². The number of hydrogen-bond acceptors (Lipinski definition) is 16. The number of thiocarbonyl (C=S) groups is 1. The van der Waals surface area contributed by atoms with E-state index < -0.39 is 151 Å². The van der Waals surface area contributed by atoms with Gasteiger partial charge >= 0.3 is 11.9 Å². The van der Waals surface area contributed by atoms with Crippen molar-refractivity contribution in [1.82, 2.24) is 26.6 Å². The van der Waals surface area contributed by atoms with Crippen LogP contribution in [0.1, 0.15) is 130 Å². The number of carboxylic acid groups (broad SMARTS) is 2. The van der Waals surface area contributed by atoms with Gasteiger partial charge in [-0.05, 0) is 104 Å². The van der Waals surface area contributed by atoms with Gasteiger partial charge in [-0.15, -0.1) is 0 Å². The minimum absolute atomic E-state index is 0.0159. The zero-order valence-electron chi connectivity index (χ0n) is 50.4. The molecule has 0 saturated heterocycles. The SMILES string of the molecule is CC[C@H](C)[C@H](NC(=O)[C@H](CC(N)=O)CC(=O)[C@H](CC(C)C)NC(=O)[C@H](CO)CC(=O)[C@H](CO)NC(=O)[C@H](C)CC(C)C)C(=O)C[C@@H](C)C(=O)N[C@@H](CCCCNC(=S)Nc1ccc(-c2c3ccc(=O)cc-3oc3cc(O)ccc23)c(C(=O)O)c1)C(=O)O. The lowest BCUT2D eigenvalue weighted by molar-refractivity contribution is -0.143. The number of unbranched alkanes of at least 4 members (excludes halogenated alkanes) is 1. The van der Waals surface area contributed by atoms with Crippen LogP contribution < -0.4 is 43.1 Å². The number of carbonyl (C=O) groups is 10. The molecule has 0 fully saturated rings. The van der Waals surface area contributed by atoms with E-state index >= 15 is 0 Å². The summed E-state index contributed by atoms with van der Waals surface area (Å²) in [5.41, 5.74) is 6.88. The maximum atomic E-state index is 14.0. The van der Waals surface area contributed by atoms with Crippen LogP contribution in [0.2, 0.25) is 0 Å². The van der Waals surface area contributed by atoms with E-state index in [0.29, 0.717) is 47.0 Å². The number of phenolic OH excluding ortho intramolecular Hbond substituents is 1. The molecule has 1 aliphatic carbocycles. The molecular weight excluding hydrogens is 1150 g/mol. The monoisotopic (exact) mass is 1230 g/mol. The van der Waals surface area contributed by atoms with Crippen molar-refractivity contribution in [2.45, 2.75) is 144 Å². The molecule has 24 nitrogen and oxygen atoms in total. The number of Topliss-reactive ketones (excluding diaryl/α,β-unsaturated/α-hetero) is 3. The van der Waals surface area contributed by atoms with E-state index in [-0.39, 0.29) is 70.8 Å². The molecule has 0 spiro atoms. The summed E-state index contributed by atoms with van der Waals surface area (Å²) in [5, 5.41) is 67.4. The van der Waals surface area contributed by atoms with Crippen molar-refractivity contribution in [2.24, 2.45) is 47.2 Å². The molecule has 0 radical (unpaired) electrons. The van der Waals surface area contributed by atoms with Gasteiger partial charge in [0, 0.05) is 78.4 Å². The summed E-state index contributed by atoms with van der Waals surface area (Å²) in [6.45, 7) is 12.5. The van der Waals surface area contributed by atoms with Crippen LogP contribution in [0, 0.1) is 41.4 Å². The van der Waals surface area contributed by atoms with E-state index in [1.165, 1.54) is 43.3 Å². The number of primary amides is 1. The standard InChI is InChI=1S/C62H83N7O17S/c1-9-33(6)55(69-58(80)36(25-53(63)77)23-48(74)46(21-32(4)5)67-59(81)37(29-70)24-49(75)47(30-71)68-56(78)34(7)20-31(2)3)50(76)22-35(8)57(79)66-45(61(84)85)12-10-11-19-64-62(87)65-38-13-16-41(44(26-38)60(82)83)54-42-17-14-39(72)27-51(42)86-52-28-40(73)15-18-43(52)54/h13-18,26-28,31-37,45-47,55,70-72H,9-12,19-25,29-30H2,1-8H3,(H2,63,77)(H,66,79)(H,67,81)(H,68,78)(H,69,80)(H,82,83)(H,84,85)(H2,64,65,87)/t33-,34+,35+,36-,37-,45-,46-,47-,55-/m0/s1. The molecule has 9 atom stereocenters. The maximum Gasteiger partial charge on any atom is 0.336 e. The molecule has 0 bridgehead atoms. The summed E-state index contributed by atoms with van der Waals surface area (Å²) in [6.07, 6.45) is -0.754. The van der Waals surface area contributed by atoms with Crippen LogP contribution in [0.3, 0.4) is 0 Å². The number of aromatic hydroxyl groups is 1. The zero-order valence-corrected chi connectivity index (χ0v) is 51.2. The smallest absolute Gasteiger partial charge is 0.336 e. The molecule has 4 rings (SSSR count). The summed E-state index contributed by atoms with van der Waals surface area (Å²) in [6, 6.07) is 7.88. The number of fused-ring (bicyclic) bond motifs is 2. The number of aliphatic carboxylic acids is 1. The Hall–Kier alpha value is -8.16. The molecule has 25 heteroatoms. The predicted octanol–water partition coefficient (Wildman–Crippen LogP) is 4.83. The van der Waals surface area contributed by atoms with Gasteiger partial charge in [-0.2, -0.15) is 0 Å². The molecule has 1 aliphatic heterocycles. The van der Waals surface area contributed by atoms with Crippen molar-refractivity contribution in [2.75, 3.05) is 25.1 Å². The van der Waals surface area contributed by atoms with Gasteiger partial charge in [-0.3, -0.25) is 43.2 Å². The topological polar surface area (TPSA) is 400 Å². The fourth-order valence-electron chi connectivity index (χ4n) is 10.1. The molecule has 0 aromatic heterocycles. The number of amides is 5. The summed E-state index contributed by atoms with van der Waals surface area (Å²) >= 11 is 5.47. The maximum absolute atomic E-state index is 14.0. The van der Waals surface area contributed by atoms with E-state index in [2.05, 4.69) is 31.9 Å². The number of aliphatic hydroxyl groups is 2. The summed E-state index contributed by atoms with van der Waals surface area (Å²) in [5.74, 6) is -13.4. The molecule has 5 amide bonds. The number of aromatic carboxylic acids is 1. The molecule has 0 unspecified atom stereocenters. The number of benzene rings is 3. The lowest BCUT2D eigenvalue weighted by atomic mass is 9.87. The normalized spacial score (nSPS) is 14.5. The largest absolute Gasteiger partial charge is 0.508 e. The number of rotatable bonds is 36. The van der Waals surface area contributed by atoms with Crippen LogP contribution >= 0.6 is 12.2 Å². The van der Waals surface area contributed by atoms with E-state index in [4.69, 9.17) is 22.4 Å². The van der Waals surface area contributed by atoms with Gasteiger partial charge in [0.25, 0.3) is 0 Å². The number of carbonyl (C=O) groups excluding carboxylic acids is 8. The third-order valence-corrected chi connectivity index (χ3v) is 15.2. The first-order chi connectivity index (χ1) is 41.0. The number of nitrogens with two attached hydrogens (primary N) is 1. The summed E-state index contributed by atoms with van der Waals surface area (Å²) in [4.78, 5) is 145. The third kappa shape index (κ3) is 21.3. The quantitative estimate of drug-likeness (QED) is 0.0165. The number of ketones is 3. The Morgan fingerprint density at radius 3 is 1.85 bits per heavy atom. The van der Waals surface area contributed by atoms with Crippen LogP contribution in [-0.2, 0) is 43.2 Å². The second kappa shape index (κ2) is 33.7. The van der Waals surface area contributed by atoms with Crippen LogP contribution in [0.4, 0.5) is 5.69 Å². The Bertz CT molecular complexity index is 3180. The number of phenols is 1. The molecule has 474 valence electrons. The Morgan fingerprint density at radius 2 is 1.24 bits per heavy atom. The number of anilines is 1. The average molecular weight is 1230 g/mol. The second-order valence-corrected chi connectivity index (χ2v) is 23.6. The van der Waals surface area contributed by atoms with E-state index in [1.807, 2.05) is 13.8 Å². The molecule has 1 heterocycles. The van der Waals surface area contributed by atoms with Crippen molar-refractivity contribution in [3.63, 3.8) is 0 Å². The molecular formula is C62H83N7O17S. The molecule has 13 N–H and O–H groups in total. The van der Waals surface area contributed by atoms with Crippen molar-refractivity contribution >= 4 is 92.8 Å². The van der Waals surface area contributed by atoms with E-state index in [0.717, 1.165) is 0 Å². The molecule has 2 aromatic carbocycles. The van der Waals surface area contributed by atoms with Crippen molar-refractivity contribution < 1.29 is 77.9 Å². The lowest BCUT2D eigenvalue weighted by Gasteiger charge is -2.28. The van der Waals surface area contributed by atoms with Gasteiger partial charge in [0.05, 0.1) is 42.7 Å². The van der Waals surface area contributed by atoms with Gasteiger partial charge in [-0.25, -0.2) is 9.59 Å². The Kier molecular flexibility index (Phi) is 27.6. The highest BCUT2D eigenvalue weighted by atomic mass is 32.1. The number of carboxylic acids is 2. The first-order valence-electron chi connectivity index (χ1n) is 29.1. The molecule has 2 aliphatic rings. The first kappa shape index (κ1) is 71.3. The second-order valence-electron chi connectivity index (χ2n) is 23.2. The highest BCUT2D eigenvalue weighted by Crippen LogP contribution is 2.42. The van der Waals surface area contributed by atoms with E-state index in [9.17, 15) is 78.3 Å². The minimum Gasteiger partial charge on any atom is -0.508 e. The lowest BCUT2D eigenvalue weighted by Crippen LogP contribution is -2.51. The third-order valence-electron chi connectivity index (χ3n) is 15.0. The van der Waals surface area contributed by atoms with Gasteiger partial charge < -0.3 is 67.6 Å². The Balaban J connectivity index is 1.34. The van der Waals surface area contributed by atoms with Crippen LogP contribution in [0.25, 0.3) is 33.4 Å². The van der Waals surface area contributed by atoms with Crippen molar-refractivity contribution in [1.29, 1.82) is 0 Å². The number of aliphatic hydroxyl groups excluding tert-OH is 2. The van der Waals surface area contributed by atoms with Crippen molar-refractivity contribution in [3.05, 3.63) is 70.4 Å². The highest BCUT2D eigenvalue weighted by Gasteiger charge is 2.36. The molecule has 0 saturated carbocycles. The van der Waals surface area contributed by atoms with Crippen molar-refractivity contribution in [3.8, 4) is 28.2 Å². The van der Waals surface area contributed by atoms with E-state index in [1.54, 1.807) is 52.8 Å². The van der Waals surface area contributed by atoms with Gasteiger partial charge in [0.15, 0.2) is 27.9 Å². The summed E-state index contributed by atoms with van der Waals surface area (Å²) in [7, 11) is 0. The fourth-order valence-corrected chi connectivity index (χ4v) is 10.3. The first-order valence-corrected chi connectivity index (χ1v) is 29.5. The molecule has 87 heavy (non-hydrogen) atoms. The summed E-state index contributed by atoms with van der Waals surface area (Å²) < 4.78 is 5.90. The predicted molar refractivity (Wildman–Crippen MR) is 327 cm³/mol. The number of hydrogen-bond donors (Lipinski definition) is 12. The fraction of sp³-hybridized carbons (Fsp3) is 0.516. The minimum atomic E-state index is -1.43. The Labute approximate surface area is 509 Å².